The van der Waals surface area contributed by atoms with Crippen LogP contribution in [0.15, 0.2) is 41.2 Å². The van der Waals surface area contributed by atoms with Gasteiger partial charge in [0.1, 0.15) is 6.54 Å². The predicted molar refractivity (Wildman–Crippen MR) is 107 cm³/mol. The number of hydrogen-bond acceptors (Lipinski definition) is 4. The highest BCUT2D eigenvalue weighted by Gasteiger charge is 2.24. The van der Waals surface area contributed by atoms with E-state index >= 15 is 0 Å². The Morgan fingerprint density at radius 1 is 1.18 bits per heavy atom. The zero-order valence-corrected chi connectivity index (χ0v) is 16.3. The van der Waals surface area contributed by atoms with Crippen LogP contribution in [0.2, 0.25) is 0 Å². The number of carbonyl (C=O) groups excluding carboxylic acids is 1. The number of aromatic nitrogens is 4. The van der Waals surface area contributed by atoms with Crippen molar-refractivity contribution in [3.05, 3.63) is 69.4 Å². The summed E-state index contributed by atoms with van der Waals surface area (Å²) < 4.78 is 3.12. The Labute approximate surface area is 163 Å². The summed E-state index contributed by atoms with van der Waals surface area (Å²) in [5.41, 5.74) is 3.90. The Balaban J connectivity index is 1.78. The first-order valence-corrected chi connectivity index (χ1v) is 9.43. The summed E-state index contributed by atoms with van der Waals surface area (Å²) in [5, 5.41) is 4.49. The Hall–Kier alpha value is -3.22. The zero-order chi connectivity index (χ0) is 19.8. The lowest BCUT2D eigenvalue weighted by atomic mass is 10.2. The second kappa shape index (κ2) is 7.07. The summed E-state index contributed by atoms with van der Waals surface area (Å²) in [4.78, 5) is 32.4. The number of aryl methyl sites for hydroxylation is 3. The van der Waals surface area contributed by atoms with Gasteiger partial charge in [0.05, 0.1) is 11.4 Å². The van der Waals surface area contributed by atoms with Crippen LogP contribution >= 0.6 is 0 Å². The van der Waals surface area contributed by atoms with Gasteiger partial charge in [-0.25, -0.2) is 9.67 Å². The molecule has 1 aliphatic rings. The van der Waals surface area contributed by atoms with E-state index in [0.29, 0.717) is 12.4 Å². The topological polar surface area (TPSA) is 73.0 Å². The molecule has 0 atom stereocenters. The number of nitrogens with zero attached hydrogens (tertiary/aromatic N) is 5. The van der Waals surface area contributed by atoms with Crippen molar-refractivity contribution in [2.24, 2.45) is 0 Å². The molecule has 0 spiro atoms. The van der Waals surface area contributed by atoms with E-state index in [9.17, 15) is 9.59 Å². The fraction of sp³-hybridized carbons (Fsp3) is 0.333. The molecule has 2 aromatic heterocycles. The Morgan fingerprint density at radius 3 is 2.61 bits per heavy atom. The molecule has 1 amide bonds. The van der Waals surface area contributed by atoms with Gasteiger partial charge in [-0.3, -0.25) is 14.2 Å². The third-order valence-electron chi connectivity index (χ3n) is 5.18. The van der Waals surface area contributed by atoms with Crippen molar-refractivity contribution in [1.82, 2.24) is 19.3 Å². The molecule has 0 bridgehead atoms. The third-order valence-corrected chi connectivity index (χ3v) is 5.18. The van der Waals surface area contributed by atoms with Crippen LogP contribution in [0.25, 0.3) is 5.95 Å². The van der Waals surface area contributed by atoms with Gasteiger partial charge in [0.25, 0.3) is 5.56 Å². The highest BCUT2D eigenvalue weighted by Crippen LogP contribution is 2.20. The summed E-state index contributed by atoms with van der Waals surface area (Å²) in [6.07, 6.45) is 2.41. The molecule has 0 fully saturated rings. The second-order valence-electron chi connectivity index (χ2n) is 7.21. The first kappa shape index (κ1) is 18.2. The minimum absolute atomic E-state index is 0.0851. The van der Waals surface area contributed by atoms with Crippen molar-refractivity contribution in [3.63, 3.8) is 0 Å². The van der Waals surface area contributed by atoms with Crippen molar-refractivity contribution in [2.45, 2.75) is 39.7 Å². The van der Waals surface area contributed by atoms with E-state index in [0.717, 1.165) is 41.2 Å². The van der Waals surface area contributed by atoms with Gasteiger partial charge in [0, 0.05) is 24.0 Å². The molecule has 3 aromatic rings. The first-order valence-electron chi connectivity index (χ1n) is 9.43. The maximum atomic E-state index is 13.2. The highest BCUT2D eigenvalue weighted by atomic mass is 16.2. The fourth-order valence-corrected chi connectivity index (χ4v) is 3.69. The van der Waals surface area contributed by atoms with E-state index < -0.39 is 0 Å². The van der Waals surface area contributed by atoms with Gasteiger partial charge in [-0.1, -0.05) is 18.2 Å². The molecule has 2 heterocycles. The molecule has 1 aliphatic carbocycles. The van der Waals surface area contributed by atoms with Gasteiger partial charge >= 0.3 is 0 Å². The fourth-order valence-electron chi connectivity index (χ4n) is 3.69. The summed E-state index contributed by atoms with van der Waals surface area (Å²) in [5.74, 6) is 0.224. The van der Waals surface area contributed by atoms with Crippen LogP contribution in [0, 0.1) is 13.8 Å². The minimum atomic E-state index is -0.184. The van der Waals surface area contributed by atoms with E-state index in [-0.39, 0.29) is 18.0 Å². The number of anilines is 1. The van der Waals surface area contributed by atoms with Crippen molar-refractivity contribution < 1.29 is 4.79 Å². The number of amides is 1. The monoisotopic (exact) mass is 377 g/mol. The Kier molecular flexibility index (Phi) is 4.58. The maximum absolute atomic E-state index is 13.2. The summed E-state index contributed by atoms with van der Waals surface area (Å²) >= 11 is 0. The van der Waals surface area contributed by atoms with E-state index in [2.05, 4.69) is 5.10 Å². The SMILES string of the molecule is Cc1cc(C)n(-c2nc3c(c(=O)n2CC(=O)N(C)c2ccccc2)CCC3)n1. The molecule has 0 unspecified atom stereocenters. The number of carbonyl (C=O) groups is 1. The van der Waals surface area contributed by atoms with E-state index in [1.165, 1.54) is 4.57 Å². The lowest BCUT2D eigenvalue weighted by Gasteiger charge is -2.20. The average Bonchev–Trinajstić information content (AvgIpc) is 3.29. The standard InChI is InChI=1S/C21H23N5O2/c1-14-12-15(2)26(23-14)21-22-18-11-7-10-17(18)20(28)25(21)13-19(27)24(3)16-8-5-4-6-9-16/h4-6,8-9,12H,7,10-11,13H2,1-3H3. The smallest absolute Gasteiger partial charge is 0.258 e. The normalized spacial score (nSPS) is 12.8. The van der Waals surface area contributed by atoms with Gasteiger partial charge in [-0.15, -0.1) is 0 Å². The van der Waals surface area contributed by atoms with E-state index in [1.54, 1.807) is 16.6 Å². The number of hydrogen-bond donors (Lipinski definition) is 0. The predicted octanol–water partition coefficient (Wildman–Crippen LogP) is 2.20. The lowest BCUT2D eigenvalue weighted by molar-refractivity contribution is -0.118. The minimum Gasteiger partial charge on any atom is -0.314 e. The molecule has 4 rings (SSSR count). The lowest BCUT2D eigenvalue weighted by Crippen LogP contribution is -2.37. The van der Waals surface area contributed by atoms with Crippen LogP contribution in [0.1, 0.15) is 29.1 Å². The van der Waals surface area contributed by atoms with Crippen LogP contribution in [-0.4, -0.2) is 32.3 Å². The second-order valence-corrected chi connectivity index (χ2v) is 7.21. The maximum Gasteiger partial charge on any atom is 0.258 e. The molecule has 1 aromatic carbocycles. The van der Waals surface area contributed by atoms with Gasteiger partial charge in [0.15, 0.2) is 0 Å². The summed E-state index contributed by atoms with van der Waals surface area (Å²) in [6.45, 7) is 3.73. The van der Waals surface area contributed by atoms with E-state index in [4.69, 9.17) is 4.98 Å². The number of para-hydroxylation sites is 1. The summed E-state index contributed by atoms with van der Waals surface area (Å²) in [7, 11) is 1.71. The van der Waals surface area contributed by atoms with Crippen LogP contribution in [0.4, 0.5) is 5.69 Å². The van der Waals surface area contributed by atoms with Crippen LogP contribution in [0.5, 0.6) is 0 Å². The molecular formula is C21H23N5O2. The molecular weight excluding hydrogens is 354 g/mol. The van der Waals surface area contributed by atoms with Gasteiger partial charge in [-0.2, -0.15) is 5.10 Å². The van der Waals surface area contributed by atoms with Gasteiger partial charge in [-0.05, 0) is 51.3 Å². The highest BCUT2D eigenvalue weighted by molar-refractivity contribution is 5.92. The van der Waals surface area contributed by atoms with Crippen LogP contribution in [-0.2, 0) is 24.2 Å². The van der Waals surface area contributed by atoms with Gasteiger partial charge < -0.3 is 4.90 Å². The molecule has 0 N–H and O–H groups in total. The molecule has 0 saturated heterocycles. The Bertz CT molecular complexity index is 1100. The van der Waals surface area contributed by atoms with Gasteiger partial charge in [0.2, 0.25) is 11.9 Å². The third kappa shape index (κ3) is 3.13. The average molecular weight is 377 g/mol. The molecule has 144 valence electrons. The molecule has 0 aliphatic heterocycles. The van der Waals surface area contributed by atoms with E-state index in [1.807, 2.05) is 50.2 Å². The van der Waals surface area contributed by atoms with Crippen molar-refractivity contribution >= 4 is 11.6 Å². The quantitative estimate of drug-likeness (QED) is 0.699. The number of likely N-dealkylation sites (N-methyl/N-ethyl adjacent to an activating group) is 1. The van der Waals surface area contributed by atoms with Crippen molar-refractivity contribution in [3.8, 4) is 5.95 Å². The number of fused-ring (bicyclic) bond motifs is 1. The van der Waals surface area contributed by atoms with Crippen LogP contribution in [0.3, 0.4) is 0 Å². The van der Waals surface area contributed by atoms with Crippen molar-refractivity contribution in [2.75, 3.05) is 11.9 Å². The number of benzene rings is 1. The summed E-state index contributed by atoms with van der Waals surface area (Å²) in [6, 6.07) is 11.3. The molecule has 28 heavy (non-hydrogen) atoms. The first-order chi connectivity index (χ1) is 13.5. The largest absolute Gasteiger partial charge is 0.314 e. The molecule has 0 radical (unpaired) electrons. The number of rotatable bonds is 4. The molecule has 7 heteroatoms. The van der Waals surface area contributed by atoms with Crippen molar-refractivity contribution in [1.29, 1.82) is 0 Å². The Morgan fingerprint density at radius 2 is 1.93 bits per heavy atom. The molecule has 0 saturated carbocycles. The van der Waals surface area contributed by atoms with Crippen LogP contribution < -0.4 is 10.5 Å². The zero-order valence-electron chi connectivity index (χ0n) is 16.3. The molecule has 7 nitrogen and oxygen atoms in total.